The van der Waals surface area contributed by atoms with Crippen LogP contribution < -0.4 is 5.32 Å². The van der Waals surface area contributed by atoms with E-state index in [0.717, 1.165) is 31.9 Å². The van der Waals surface area contributed by atoms with Gasteiger partial charge in [0, 0.05) is 31.4 Å². The fraction of sp³-hybridized carbons (Fsp3) is 0.800. The molecule has 0 aromatic carbocycles. The topological polar surface area (TPSA) is 47.3 Å². The molecule has 0 amide bonds. The smallest absolute Gasteiger partial charge is 0.128 e. The molecule has 2 aliphatic rings. The van der Waals surface area contributed by atoms with Crippen LogP contribution in [0.5, 0.6) is 0 Å². The minimum Gasteiger partial charge on any atom is -0.381 e. The first-order valence-electron chi connectivity index (χ1n) is 7.57. The van der Waals surface area contributed by atoms with Crippen molar-refractivity contribution in [2.45, 2.75) is 58.0 Å². The first kappa shape index (κ1) is 13.1. The highest BCUT2D eigenvalue weighted by Crippen LogP contribution is 2.46. The van der Waals surface area contributed by atoms with Crippen molar-refractivity contribution in [2.24, 2.45) is 5.41 Å². The normalized spacial score (nSPS) is 26.1. The molecule has 3 rings (SSSR count). The molecular formula is C15H24N2O2. The quantitative estimate of drug-likeness (QED) is 0.908. The molecule has 4 heteroatoms. The number of aromatic nitrogens is 1. The van der Waals surface area contributed by atoms with Gasteiger partial charge in [-0.15, -0.1) is 0 Å². The molecule has 1 spiro atoms. The van der Waals surface area contributed by atoms with Crippen molar-refractivity contribution in [1.29, 1.82) is 0 Å². The Morgan fingerprint density at radius 2 is 2.21 bits per heavy atom. The predicted molar refractivity (Wildman–Crippen MR) is 72.8 cm³/mol. The zero-order chi connectivity index (χ0) is 13.1. The molecular weight excluding hydrogens is 240 g/mol. The van der Waals surface area contributed by atoms with Crippen molar-refractivity contribution in [1.82, 2.24) is 10.5 Å². The Morgan fingerprint density at radius 1 is 1.37 bits per heavy atom. The summed E-state index contributed by atoms with van der Waals surface area (Å²) >= 11 is 0. The summed E-state index contributed by atoms with van der Waals surface area (Å²) in [6.45, 7) is 4.88. The van der Waals surface area contributed by atoms with Crippen molar-refractivity contribution in [3.63, 3.8) is 0 Å². The van der Waals surface area contributed by atoms with Gasteiger partial charge in [-0.25, -0.2) is 0 Å². The van der Waals surface area contributed by atoms with Gasteiger partial charge in [0.05, 0.1) is 5.69 Å². The van der Waals surface area contributed by atoms with Crippen LogP contribution >= 0.6 is 0 Å². The van der Waals surface area contributed by atoms with Gasteiger partial charge in [-0.2, -0.15) is 0 Å². The number of ether oxygens (including phenoxy) is 1. The van der Waals surface area contributed by atoms with E-state index in [2.05, 4.69) is 17.4 Å². The Morgan fingerprint density at radius 3 is 3.00 bits per heavy atom. The molecule has 1 N–H and O–H groups in total. The lowest BCUT2D eigenvalue weighted by molar-refractivity contribution is 0.00413. The number of hydrogen-bond acceptors (Lipinski definition) is 4. The second-order valence-corrected chi connectivity index (χ2v) is 5.94. The SMILES string of the molecule is CCc1nocc1CNC1CCCC12CCOCC2. The van der Waals surface area contributed by atoms with Gasteiger partial charge in [0.25, 0.3) is 0 Å². The van der Waals surface area contributed by atoms with E-state index in [1.54, 1.807) is 6.26 Å². The first-order chi connectivity index (χ1) is 9.34. The molecule has 0 radical (unpaired) electrons. The van der Waals surface area contributed by atoms with Gasteiger partial charge in [0.15, 0.2) is 0 Å². The van der Waals surface area contributed by atoms with Crippen molar-refractivity contribution < 1.29 is 9.26 Å². The number of rotatable bonds is 4. The Labute approximate surface area is 114 Å². The third-order valence-electron chi connectivity index (χ3n) is 5.00. The van der Waals surface area contributed by atoms with E-state index < -0.39 is 0 Å². The molecule has 1 unspecified atom stereocenters. The molecule has 0 bridgehead atoms. The Bertz CT molecular complexity index is 410. The zero-order valence-electron chi connectivity index (χ0n) is 11.8. The third kappa shape index (κ3) is 2.56. The second-order valence-electron chi connectivity index (χ2n) is 5.94. The van der Waals surface area contributed by atoms with Gasteiger partial charge < -0.3 is 14.6 Å². The maximum atomic E-state index is 5.54. The van der Waals surface area contributed by atoms with Gasteiger partial charge in [0.2, 0.25) is 0 Å². The molecule has 2 fully saturated rings. The largest absolute Gasteiger partial charge is 0.381 e. The summed E-state index contributed by atoms with van der Waals surface area (Å²) in [7, 11) is 0. The minimum atomic E-state index is 0.488. The van der Waals surface area contributed by atoms with Crippen LogP contribution in [0, 0.1) is 5.41 Å². The lowest BCUT2D eigenvalue weighted by atomic mass is 9.75. The first-order valence-corrected chi connectivity index (χ1v) is 7.57. The molecule has 4 nitrogen and oxygen atoms in total. The standard InChI is InChI=1S/C15H24N2O2/c1-2-13-12(11-19-17-13)10-16-14-4-3-5-15(14)6-8-18-9-7-15/h11,14,16H,2-10H2,1H3. The summed E-state index contributed by atoms with van der Waals surface area (Å²) in [5.74, 6) is 0. The third-order valence-corrected chi connectivity index (χ3v) is 5.00. The Balaban J connectivity index is 1.62. The number of aryl methyl sites for hydroxylation is 1. The van der Waals surface area contributed by atoms with E-state index in [1.807, 2.05) is 0 Å². The van der Waals surface area contributed by atoms with Crippen LogP contribution in [0.1, 0.15) is 50.3 Å². The highest BCUT2D eigenvalue weighted by molar-refractivity contribution is 5.14. The fourth-order valence-electron chi connectivity index (χ4n) is 3.78. The molecule has 2 heterocycles. The molecule has 1 aromatic rings. The average Bonchev–Trinajstić information content (AvgIpc) is 3.04. The van der Waals surface area contributed by atoms with Crippen LogP contribution in [-0.4, -0.2) is 24.4 Å². The van der Waals surface area contributed by atoms with E-state index in [9.17, 15) is 0 Å². The summed E-state index contributed by atoms with van der Waals surface area (Å²) < 4.78 is 10.6. The minimum absolute atomic E-state index is 0.488. The number of nitrogens with zero attached hydrogens (tertiary/aromatic N) is 1. The molecule has 1 aliphatic carbocycles. The number of nitrogens with one attached hydrogen (secondary N) is 1. The van der Waals surface area contributed by atoms with E-state index in [1.165, 1.54) is 37.7 Å². The zero-order valence-corrected chi connectivity index (χ0v) is 11.8. The molecule has 1 saturated heterocycles. The maximum absolute atomic E-state index is 5.54. The monoisotopic (exact) mass is 264 g/mol. The van der Waals surface area contributed by atoms with E-state index in [4.69, 9.17) is 9.26 Å². The van der Waals surface area contributed by atoms with Gasteiger partial charge >= 0.3 is 0 Å². The lowest BCUT2D eigenvalue weighted by Gasteiger charge is -2.39. The molecule has 19 heavy (non-hydrogen) atoms. The van der Waals surface area contributed by atoms with Crippen LogP contribution in [0.3, 0.4) is 0 Å². The van der Waals surface area contributed by atoms with Crippen molar-refractivity contribution in [3.05, 3.63) is 17.5 Å². The molecule has 1 aliphatic heterocycles. The van der Waals surface area contributed by atoms with Crippen LogP contribution in [0.2, 0.25) is 0 Å². The molecule has 1 atom stereocenters. The molecule has 106 valence electrons. The van der Waals surface area contributed by atoms with Gasteiger partial charge in [-0.05, 0) is 37.5 Å². The summed E-state index contributed by atoms with van der Waals surface area (Å²) in [5.41, 5.74) is 2.80. The second kappa shape index (κ2) is 5.63. The van der Waals surface area contributed by atoms with E-state index in [0.29, 0.717) is 11.5 Å². The van der Waals surface area contributed by atoms with Crippen molar-refractivity contribution in [2.75, 3.05) is 13.2 Å². The van der Waals surface area contributed by atoms with Crippen LogP contribution in [0.4, 0.5) is 0 Å². The van der Waals surface area contributed by atoms with Crippen LogP contribution in [0.15, 0.2) is 10.8 Å². The summed E-state index contributed by atoms with van der Waals surface area (Å²) in [6.07, 6.45) is 9.17. The molecule has 1 saturated carbocycles. The Hall–Kier alpha value is -0.870. The Kier molecular flexibility index (Phi) is 3.89. The van der Waals surface area contributed by atoms with Gasteiger partial charge in [-0.3, -0.25) is 0 Å². The average molecular weight is 264 g/mol. The van der Waals surface area contributed by atoms with E-state index in [-0.39, 0.29) is 0 Å². The highest BCUT2D eigenvalue weighted by Gasteiger charge is 2.43. The maximum Gasteiger partial charge on any atom is 0.128 e. The summed E-state index contributed by atoms with van der Waals surface area (Å²) in [6, 6.07) is 0.635. The van der Waals surface area contributed by atoms with Crippen molar-refractivity contribution in [3.8, 4) is 0 Å². The highest BCUT2D eigenvalue weighted by atomic mass is 16.5. The summed E-state index contributed by atoms with van der Waals surface area (Å²) in [5, 5.41) is 7.81. The summed E-state index contributed by atoms with van der Waals surface area (Å²) in [4.78, 5) is 0. The van der Waals surface area contributed by atoms with Crippen LogP contribution in [0.25, 0.3) is 0 Å². The van der Waals surface area contributed by atoms with Gasteiger partial charge in [-0.1, -0.05) is 18.5 Å². The fourth-order valence-corrected chi connectivity index (χ4v) is 3.78. The lowest BCUT2D eigenvalue weighted by Crippen LogP contribution is -2.44. The van der Waals surface area contributed by atoms with Crippen molar-refractivity contribution >= 4 is 0 Å². The number of hydrogen-bond donors (Lipinski definition) is 1. The van der Waals surface area contributed by atoms with Gasteiger partial charge in [0.1, 0.15) is 6.26 Å². The predicted octanol–water partition coefficient (Wildman–Crippen LogP) is 2.68. The van der Waals surface area contributed by atoms with E-state index >= 15 is 0 Å². The molecule has 1 aromatic heterocycles. The van der Waals surface area contributed by atoms with Crippen LogP contribution in [-0.2, 0) is 17.7 Å².